The van der Waals surface area contributed by atoms with Gasteiger partial charge in [0, 0.05) is 22.1 Å². The highest BCUT2D eigenvalue weighted by Crippen LogP contribution is 2.21. The van der Waals surface area contributed by atoms with Crippen LogP contribution in [0.15, 0.2) is 18.2 Å². The third-order valence-corrected chi connectivity index (χ3v) is 3.69. The highest BCUT2D eigenvalue weighted by atomic mass is 35.5. The first-order valence-corrected chi connectivity index (χ1v) is 7.88. The van der Waals surface area contributed by atoms with Gasteiger partial charge in [0.1, 0.15) is 0 Å². The number of benzene rings is 1. The highest BCUT2D eigenvalue weighted by molar-refractivity contribution is 6.35. The average molecular weight is 346 g/mol. The standard InChI is InChI=1S/C16H21Cl2NO3/c1-10(2)19(11(3)4)15(20)9-22-16(21)7-12-5-6-13(17)8-14(12)18/h5-6,8,10-11H,7,9H2,1-4H3. The molecule has 1 aromatic rings. The van der Waals surface area contributed by atoms with E-state index in [4.69, 9.17) is 27.9 Å². The minimum absolute atomic E-state index is 0.00659. The van der Waals surface area contributed by atoms with Gasteiger partial charge in [0.2, 0.25) is 0 Å². The fourth-order valence-corrected chi connectivity index (χ4v) is 2.74. The van der Waals surface area contributed by atoms with Crippen LogP contribution < -0.4 is 0 Å². The fraction of sp³-hybridized carbons (Fsp3) is 0.500. The molecule has 0 atom stereocenters. The monoisotopic (exact) mass is 345 g/mol. The van der Waals surface area contributed by atoms with E-state index in [9.17, 15) is 9.59 Å². The summed E-state index contributed by atoms with van der Waals surface area (Å²) in [5.74, 6) is -0.703. The van der Waals surface area contributed by atoms with Crippen LogP contribution in [-0.4, -0.2) is 35.5 Å². The summed E-state index contributed by atoms with van der Waals surface area (Å²) in [6.45, 7) is 7.43. The minimum atomic E-state index is -0.495. The predicted molar refractivity (Wildman–Crippen MR) is 88.2 cm³/mol. The van der Waals surface area contributed by atoms with Gasteiger partial charge < -0.3 is 9.64 Å². The topological polar surface area (TPSA) is 46.6 Å². The maximum absolute atomic E-state index is 12.1. The summed E-state index contributed by atoms with van der Waals surface area (Å²) in [4.78, 5) is 25.6. The van der Waals surface area contributed by atoms with E-state index >= 15 is 0 Å². The van der Waals surface area contributed by atoms with Crippen LogP contribution in [0.3, 0.4) is 0 Å². The summed E-state index contributed by atoms with van der Waals surface area (Å²) >= 11 is 11.8. The van der Waals surface area contributed by atoms with Gasteiger partial charge in [-0.05, 0) is 45.4 Å². The van der Waals surface area contributed by atoms with E-state index in [0.29, 0.717) is 15.6 Å². The van der Waals surface area contributed by atoms with Crippen LogP contribution in [0, 0.1) is 0 Å². The zero-order valence-electron chi connectivity index (χ0n) is 13.2. The Morgan fingerprint density at radius 1 is 1.14 bits per heavy atom. The number of nitrogens with zero attached hydrogens (tertiary/aromatic N) is 1. The van der Waals surface area contributed by atoms with Gasteiger partial charge in [-0.3, -0.25) is 9.59 Å². The highest BCUT2D eigenvalue weighted by Gasteiger charge is 2.21. The molecule has 0 aromatic heterocycles. The number of hydrogen-bond donors (Lipinski definition) is 0. The van der Waals surface area contributed by atoms with E-state index in [1.165, 1.54) is 0 Å². The Bertz CT molecular complexity index is 536. The maximum Gasteiger partial charge on any atom is 0.310 e. The number of hydrogen-bond acceptors (Lipinski definition) is 3. The molecule has 0 heterocycles. The molecule has 1 aromatic carbocycles. The number of halogens is 2. The van der Waals surface area contributed by atoms with Crippen molar-refractivity contribution in [2.45, 2.75) is 46.2 Å². The van der Waals surface area contributed by atoms with Gasteiger partial charge in [-0.25, -0.2) is 0 Å². The van der Waals surface area contributed by atoms with Crippen LogP contribution in [0.1, 0.15) is 33.3 Å². The first-order chi connectivity index (χ1) is 10.2. The number of rotatable bonds is 6. The van der Waals surface area contributed by atoms with Crippen molar-refractivity contribution in [2.75, 3.05) is 6.61 Å². The molecule has 0 radical (unpaired) electrons. The molecule has 1 amide bonds. The van der Waals surface area contributed by atoms with Gasteiger partial charge in [-0.2, -0.15) is 0 Å². The lowest BCUT2D eigenvalue weighted by molar-refractivity contribution is -0.153. The largest absolute Gasteiger partial charge is 0.455 e. The second-order valence-electron chi connectivity index (χ2n) is 5.56. The number of carbonyl (C=O) groups excluding carboxylic acids is 2. The molecular weight excluding hydrogens is 325 g/mol. The first kappa shape index (κ1) is 18.8. The molecular formula is C16H21Cl2NO3. The molecule has 0 fully saturated rings. The number of carbonyl (C=O) groups is 2. The van der Waals surface area contributed by atoms with Crippen molar-refractivity contribution < 1.29 is 14.3 Å². The van der Waals surface area contributed by atoms with Gasteiger partial charge in [0.05, 0.1) is 6.42 Å². The molecule has 22 heavy (non-hydrogen) atoms. The van der Waals surface area contributed by atoms with E-state index in [-0.39, 0.29) is 31.0 Å². The zero-order chi connectivity index (χ0) is 16.9. The Kier molecular flexibility index (Phi) is 7.17. The number of amides is 1. The molecule has 6 heteroatoms. The Balaban J connectivity index is 2.57. The van der Waals surface area contributed by atoms with Gasteiger partial charge >= 0.3 is 5.97 Å². The van der Waals surface area contributed by atoms with Gasteiger partial charge in [-0.1, -0.05) is 29.3 Å². The molecule has 0 bridgehead atoms. The molecule has 1 rings (SSSR count). The molecule has 4 nitrogen and oxygen atoms in total. The summed E-state index contributed by atoms with van der Waals surface area (Å²) in [6, 6.07) is 4.99. The molecule has 0 N–H and O–H groups in total. The lowest BCUT2D eigenvalue weighted by atomic mass is 10.1. The van der Waals surface area contributed by atoms with Crippen molar-refractivity contribution in [2.24, 2.45) is 0 Å². The Hall–Kier alpha value is -1.26. The maximum atomic E-state index is 12.1. The van der Waals surface area contributed by atoms with Crippen LogP contribution in [0.5, 0.6) is 0 Å². The molecule has 0 spiro atoms. The molecule has 0 aliphatic rings. The third-order valence-electron chi connectivity index (χ3n) is 3.11. The molecule has 0 aliphatic carbocycles. The molecule has 0 saturated heterocycles. The van der Waals surface area contributed by atoms with Gasteiger partial charge in [0.15, 0.2) is 6.61 Å². The van der Waals surface area contributed by atoms with Crippen LogP contribution >= 0.6 is 23.2 Å². The summed E-state index contributed by atoms with van der Waals surface area (Å²) in [5.41, 5.74) is 0.619. The van der Waals surface area contributed by atoms with E-state index in [0.717, 1.165) is 0 Å². The van der Waals surface area contributed by atoms with Crippen molar-refractivity contribution >= 4 is 35.1 Å². The van der Waals surface area contributed by atoms with Crippen LogP contribution in [0.2, 0.25) is 10.0 Å². The van der Waals surface area contributed by atoms with Crippen LogP contribution in [0.4, 0.5) is 0 Å². The van der Waals surface area contributed by atoms with Gasteiger partial charge in [-0.15, -0.1) is 0 Å². The molecule has 122 valence electrons. The average Bonchev–Trinajstić information content (AvgIpc) is 2.39. The van der Waals surface area contributed by atoms with E-state index in [2.05, 4.69) is 0 Å². The van der Waals surface area contributed by atoms with E-state index in [1.807, 2.05) is 27.7 Å². The third kappa shape index (κ3) is 5.50. The Morgan fingerprint density at radius 3 is 2.23 bits per heavy atom. The van der Waals surface area contributed by atoms with E-state index in [1.54, 1.807) is 23.1 Å². The summed E-state index contributed by atoms with van der Waals surface area (Å²) in [6.07, 6.45) is 0.00659. The van der Waals surface area contributed by atoms with Crippen molar-refractivity contribution in [1.29, 1.82) is 0 Å². The van der Waals surface area contributed by atoms with Crippen molar-refractivity contribution in [3.8, 4) is 0 Å². The van der Waals surface area contributed by atoms with Crippen molar-refractivity contribution in [3.63, 3.8) is 0 Å². The Morgan fingerprint density at radius 2 is 1.73 bits per heavy atom. The lowest BCUT2D eigenvalue weighted by Gasteiger charge is -2.30. The SMILES string of the molecule is CC(C)N(C(=O)COC(=O)Cc1ccc(Cl)cc1Cl)C(C)C. The second-order valence-corrected chi connectivity index (χ2v) is 6.41. The van der Waals surface area contributed by atoms with Crippen LogP contribution in [0.25, 0.3) is 0 Å². The zero-order valence-corrected chi connectivity index (χ0v) is 14.7. The smallest absolute Gasteiger partial charge is 0.310 e. The molecule has 0 aliphatic heterocycles. The predicted octanol–water partition coefficient (Wildman–Crippen LogP) is 3.72. The number of esters is 1. The van der Waals surface area contributed by atoms with Crippen molar-refractivity contribution in [1.82, 2.24) is 4.90 Å². The quantitative estimate of drug-likeness (QED) is 0.738. The normalized spacial score (nSPS) is 10.9. The summed E-state index contributed by atoms with van der Waals surface area (Å²) < 4.78 is 5.05. The minimum Gasteiger partial charge on any atom is -0.455 e. The van der Waals surface area contributed by atoms with Crippen molar-refractivity contribution in [3.05, 3.63) is 33.8 Å². The second kappa shape index (κ2) is 8.39. The molecule has 0 unspecified atom stereocenters. The van der Waals surface area contributed by atoms with Gasteiger partial charge in [0.25, 0.3) is 5.91 Å². The summed E-state index contributed by atoms with van der Waals surface area (Å²) in [7, 11) is 0. The fourth-order valence-electron chi connectivity index (χ4n) is 2.26. The Labute approximate surface area is 141 Å². The lowest BCUT2D eigenvalue weighted by Crippen LogP contribution is -2.44. The van der Waals surface area contributed by atoms with Crippen LogP contribution in [-0.2, 0) is 20.7 Å². The summed E-state index contributed by atoms with van der Waals surface area (Å²) in [5, 5.41) is 0.906. The number of ether oxygens (including phenoxy) is 1. The molecule has 0 saturated carbocycles. The van der Waals surface area contributed by atoms with E-state index < -0.39 is 5.97 Å². The first-order valence-electron chi connectivity index (χ1n) is 7.13.